The van der Waals surface area contributed by atoms with E-state index in [2.05, 4.69) is 20.4 Å². The van der Waals surface area contributed by atoms with Gasteiger partial charge in [-0.2, -0.15) is 0 Å². The molecule has 16 heavy (non-hydrogen) atoms. The van der Waals surface area contributed by atoms with E-state index in [1.165, 1.54) is 0 Å². The van der Waals surface area contributed by atoms with E-state index in [1.807, 2.05) is 24.3 Å². The van der Waals surface area contributed by atoms with Gasteiger partial charge in [-0.15, -0.1) is 6.58 Å². The van der Waals surface area contributed by atoms with Gasteiger partial charge in [0.2, 0.25) is 0 Å². The van der Waals surface area contributed by atoms with Crippen molar-refractivity contribution >= 4 is 11.6 Å². The molecule has 0 saturated carbocycles. The van der Waals surface area contributed by atoms with E-state index in [-0.39, 0.29) is 0 Å². The molecule has 0 unspecified atom stereocenters. The molecule has 0 aliphatic heterocycles. The molecule has 2 heteroatoms. The Bertz CT molecular complexity index is 345. The molecule has 1 aromatic rings. The van der Waals surface area contributed by atoms with E-state index < -0.39 is 0 Å². The van der Waals surface area contributed by atoms with Gasteiger partial charge < -0.3 is 4.74 Å². The van der Waals surface area contributed by atoms with Gasteiger partial charge in [-0.25, -0.2) is 0 Å². The zero-order chi connectivity index (χ0) is 12.0. The van der Waals surface area contributed by atoms with Crippen LogP contribution < -0.4 is 4.74 Å². The lowest BCUT2D eigenvalue weighted by Gasteiger charge is -2.12. The van der Waals surface area contributed by atoms with Crippen molar-refractivity contribution in [3.63, 3.8) is 0 Å². The molecule has 1 nitrogen and oxygen atoms in total. The minimum atomic E-state index is 0.662. The van der Waals surface area contributed by atoms with Crippen LogP contribution in [0, 0.1) is 5.92 Å². The van der Waals surface area contributed by atoms with Crippen LogP contribution in [0.4, 0.5) is 0 Å². The minimum absolute atomic E-state index is 0.662. The third-order valence-electron chi connectivity index (χ3n) is 2.34. The summed E-state index contributed by atoms with van der Waals surface area (Å²) in [6.07, 6.45) is 3.72. The van der Waals surface area contributed by atoms with Crippen molar-refractivity contribution in [2.75, 3.05) is 6.61 Å². The number of ether oxygens (including phenoxy) is 1. The first-order valence-corrected chi connectivity index (χ1v) is 6.03. The van der Waals surface area contributed by atoms with Gasteiger partial charge in [0.1, 0.15) is 5.75 Å². The van der Waals surface area contributed by atoms with Crippen molar-refractivity contribution in [3.8, 4) is 5.75 Å². The lowest BCUT2D eigenvalue weighted by atomic mass is 10.1. The summed E-state index contributed by atoms with van der Waals surface area (Å²) in [5.74, 6) is 1.58. The van der Waals surface area contributed by atoms with Crippen LogP contribution in [0.1, 0.15) is 25.8 Å². The van der Waals surface area contributed by atoms with Gasteiger partial charge >= 0.3 is 0 Å². The van der Waals surface area contributed by atoms with Gasteiger partial charge in [0.05, 0.1) is 6.61 Å². The van der Waals surface area contributed by atoms with Gasteiger partial charge in [-0.05, 0) is 42.5 Å². The summed E-state index contributed by atoms with van der Waals surface area (Å²) in [4.78, 5) is 0. The van der Waals surface area contributed by atoms with Crippen LogP contribution >= 0.6 is 11.6 Å². The summed E-state index contributed by atoms with van der Waals surface area (Å²) >= 11 is 5.95. The number of hydrogen-bond acceptors (Lipinski definition) is 1. The second-order valence-corrected chi connectivity index (χ2v) is 4.71. The van der Waals surface area contributed by atoms with Crippen molar-refractivity contribution in [3.05, 3.63) is 41.4 Å². The van der Waals surface area contributed by atoms with Gasteiger partial charge in [0, 0.05) is 5.02 Å². The average molecular weight is 239 g/mol. The summed E-state index contributed by atoms with van der Waals surface area (Å²) in [6.45, 7) is 8.87. The maximum absolute atomic E-state index is 5.95. The Morgan fingerprint density at radius 2 is 2.19 bits per heavy atom. The molecule has 88 valence electrons. The molecule has 0 bridgehead atoms. The largest absolute Gasteiger partial charge is 0.493 e. The molecule has 0 N–H and O–H groups in total. The first-order chi connectivity index (χ1) is 7.63. The number of halogens is 1. The molecule has 0 radical (unpaired) electrons. The second kappa shape index (κ2) is 6.59. The molecule has 0 fully saturated rings. The lowest BCUT2D eigenvalue weighted by molar-refractivity contribution is 0.287. The molecule has 1 rings (SSSR count). The molecule has 0 amide bonds. The molecular formula is C14H19ClO. The monoisotopic (exact) mass is 238 g/mol. The highest BCUT2D eigenvalue weighted by atomic mass is 35.5. The highest BCUT2D eigenvalue weighted by molar-refractivity contribution is 6.30. The van der Waals surface area contributed by atoms with Gasteiger partial charge in [-0.3, -0.25) is 0 Å². The number of benzene rings is 1. The third kappa shape index (κ3) is 4.28. The van der Waals surface area contributed by atoms with Gasteiger partial charge in [0.15, 0.2) is 0 Å². The highest BCUT2D eigenvalue weighted by Gasteiger charge is 2.04. The summed E-state index contributed by atoms with van der Waals surface area (Å²) < 4.78 is 5.75. The summed E-state index contributed by atoms with van der Waals surface area (Å²) in [5.41, 5.74) is 1.10. The lowest BCUT2D eigenvalue weighted by Crippen LogP contribution is -2.03. The number of allylic oxidation sites excluding steroid dienone is 1. The van der Waals surface area contributed by atoms with E-state index in [4.69, 9.17) is 16.3 Å². The Hall–Kier alpha value is -0.950. The van der Waals surface area contributed by atoms with Gasteiger partial charge in [-0.1, -0.05) is 31.5 Å². The Morgan fingerprint density at radius 1 is 1.44 bits per heavy atom. The van der Waals surface area contributed by atoms with Crippen LogP contribution in [0.5, 0.6) is 5.75 Å². The second-order valence-electron chi connectivity index (χ2n) is 4.28. The van der Waals surface area contributed by atoms with E-state index in [0.717, 1.165) is 35.8 Å². The fraction of sp³-hybridized carbons (Fsp3) is 0.429. The molecule has 0 aliphatic carbocycles. The van der Waals surface area contributed by atoms with E-state index >= 15 is 0 Å². The quantitative estimate of drug-likeness (QED) is 0.664. The highest BCUT2D eigenvalue weighted by Crippen LogP contribution is 2.24. The summed E-state index contributed by atoms with van der Waals surface area (Å²) in [6, 6.07) is 5.73. The predicted molar refractivity (Wildman–Crippen MR) is 70.3 cm³/mol. The van der Waals surface area contributed by atoms with Crippen LogP contribution in [0.3, 0.4) is 0 Å². The molecule has 0 saturated heterocycles. The zero-order valence-electron chi connectivity index (χ0n) is 10.0. The SMILES string of the molecule is C=CCc1cc(Cl)ccc1OCCC(C)C. The van der Waals surface area contributed by atoms with Crippen molar-refractivity contribution in [1.82, 2.24) is 0 Å². The van der Waals surface area contributed by atoms with Crippen LogP contribution in [0.15, 0.2) is 30.9 Å². The van der Waals surface area contributed by atoms with Crippen molar-refractivity contribution in [2.45, 2.75) is 26.7 Å². The standard InChI is InChI=1S/C14H19ClO/c1-4-5-12-10-13(15)6-7-14(12)16-9-8-11(2)3/h4,6-7,10-11H,1,5,8-9H2,2-3H3. The predicted octanol–water partition coefficient (Wildman–Crippen LogP) is 4.49. The van der Waals surface area contributed by atoms with Crippen LogP contribution in [-0.2, 0) is 6.42 Å². The summed E-state index contributed by atoms with van der Waals surface area (Å²) in [7, 11) is 0. The number of hydrogen-bond donors (Lipinski definition) is 0. The molecular weight excluding hydrogens is 220 g/mol. The first-order valence-electron chi connectivity index (χ1n) is 5.65. The smallest absolute Gasteiger partial charge is 0.122 e. The topological polar surface area (TPSA) is 9.23 Å². The molecule has 1 aromatic carbocycles. The Morgan fingerprint density at radius 3 is 2.81 bits per heavy atom. The van der Waals surface area contributed by atoms with E-state index in [9.17, 15) is 0 Å². The van der Waals surface area contributed by atoms with E-state index in [0.29, 0.717) is 5.92 Å². The Labute approximate surface area is 103 Å². The number of rotatable bonds is 6. The Kier molecular flexibility index (Phi) is 5.41. The van der Waals surface area contributed by atoms with Gasteiger partial charge in [0.25, 0.3) is 0 Å². The Balaban J connectivity index is 2.66. The maximum atomic E-state index is 5.95. The van der Waals surface area contributed by atoms with Crippen molar-refractivity contribution in [2.24, 2.45) is 5.92 Å². The molecule has 0 atom stereocenters. The average Bonchev–Trinajstić information content (AvgIpc) is 2.21. The third-order valence-corrected chi connectivity index (χ3v) is 2.57. The molecule has 0 aliphatic rings. The fourth-order valence-electron chi connectivity index (χ4n) is 1.41. The van der Waals surface area contributed by atoms with Crippen molar-refractivity contribution in [1.29, 1.82) is 0 Å². The molecule has 0 aromatic heterocycles. The van der Waals surface area contributed by atoms with Crippen LogP contribution in [0.2, 0.25) is 5.02 Å². The fourth-order valence-corrected chi connectivity index (χ4v) is 1.60. The first kappa shape index (κ1) is 13.1. The molecule has 0 spiro atoms. The summed E-state index contributed by atoms with van der Waals surface area (Å²) in [5, 5.41) is 0.744. The zero-order valence-corrected chi connectivity index (χ0v) is 10.8. The maximum Gasteiger partial charge on any atom is 0.122 e. The van der Waals surface area contributed by atoms with E-state index in [1.54, 1.807) is 0 Å². The van der Waals surface area contributed by atoms with Crippen molar-refractivity contribution < 1.29 is 4.74 Å². The van der Waals surface area contributed by atoms with Crippen LogP contribution in [0.25, 0.3) is 0 Å². The minimum Gasteiger partial charge on any atom is -0.493 e. The normalized spacial score (nSPS) is 10.5. The van der Waals surface area contributed by atoms with Crippen LogP contribution in [-0.4, -0.2) is 6.61 Å². The molecule has 0 heterocycles.